The molecule has 1 amide bonds. The van der Waals surface area contributed by atoms with Crippen molar-refractivity contribution >= 4 is 12.1 Å². The van der Waals surface area contributed by atoms with Crippen LogP contribution in [0.4, 0.5) is 4.79 Å². The van der Waals surface area contributed by atoms with Gasteiger partial charge in [0.15, 0.2) is 5.96 Å². The van der Waals surface area contributed by atoms with Gasteiger partial charge in [-0.2, -0.15) is 0 Å². The van der Waals surface area contributed by atoms with Gasteiger partial charge in [0.1, 0.15) is 5.60 Å². The molecule has 142 valence electrons. The number of hydrogen-bond acceptors (Lipinski definition) is 6. The van der Waals surface area contributed by atoms with E-state index in [4.69, 9.17) is 9.73 Å². The average molecular weight is 351 g/mol. The summed E-state index contributed by atoms with van der Waals surface area (Å²) in [6.07, 6.45) is 2.37. The van der Waals surface area contributed by atoms with E-state index >= 15 is 0 Å². The van der Waals surface area contributed by atoms with E-state index in [9.17, 15) is 4.79 Å². The average Bonchev–Trinajstić information content (AvgIpc) is 2.93. The molecule has 2 fully saturated rings. The number of aliphatic imine (C=N–C) groups is 1. The third-order valence-electron chi connectivity index (χ3n) is 5.13. The van der Waals surface area contributed by atoms with E-state index in [1.165, 1.54) is 19.4 Å². The number of carbonyl (C=O) groups is 1. The molecule has 0 saturated carbocycles. The Kier molecular flexibility index (Phi) is 5.41. The fourth-order valence-electron chi connectivity index (χ4n) is 3.90. The molecular weight excluding hydrogens is 318 g/mol. The molecule has 0 bridgehead atoms. The highest BCUT2D eigenvalue weighted by atomic mass is 16.6. The lowest BCUT2D eigenvalue weighted by Crippen LogP contribution is -2.58. The maximum absolute atomic E-state index is 12.3. The zero-order chi connectivity index (χ0) is 18.0. The standard InChI is InChI=1S/C18H33N5O2/c1-18(2,3)25-17(24)22-8-9-23-15(13-22)11-20-16(23)19-10-14-6-5-7-21(4)12-14/h14-15H,5-13H2,1-4H3,(H,19,20). The summed E-state index contributed by atoms with van der Waals surface area (Å²) in [6, 6.07) is 0.276. The number of piperidine rings is 1. The molecular formula is C18H33N5O2. The summed E-state index contributed by atoms with van der Waals surface area (Å²) in [5.41, 5.74) is -0.444. The fraction of sp³-hybridized carbons (Fsp3) is 0.889. The van der Waals surface area contributed by atoms with Crippen molar-refractivity contribution in [3.63, 3.8) is 0 Å². The van der Waals surface area contributed by atoms with Crippen LogP contribution in [0.5, 0.6) is 0 Å². The molecule has 3 rings (SSSR count). The highest BCUT2D eigenvalue weighted by Crippen LogP contribution is 2.19. The number of guanidine groups is 1. The van der Waals surface area contributed by atoms with Gasteiger partial charge in [-0.05, 0) is 53.1 Å². The molecule has 3 heterocycles. The van der Waals surface area contributed by atoms with Crippen LogP contribution in [0.15, 0.2) is 4.99 Å². The largest absolute Gasteiger partial charge is 0.444 e. The van der Waals surface area contributed by atoms with Gasteiger partial charge >= 0.3 is 6.09 Å². The monoisotopic (exact) mass is 351 g/mol. The van der Waals surface area contributed by atoms with E-state index in [0.29, 0.717) is 19.0 Å². The van der Waals surface area contributed by atoms with Crippen LogP contribution in [-0.4, -0.2) is 91.3 Å². The van der Waals surface area contributed by atoms with E-state index in [1.807, 2.05) is 25.7 Å². The lowest BCUT2D eigenvalue weighted by Gasteiger charge is -2.39. The molecule has 7 heteroatoms. The van der Waals surface area contributed by atoms with Crippen molar-refractivity contribution in [2.45, 2.75) is 45.3 Å². The Bertz CT molecular complexity index is 516. The van der Waals surface area contributed by atoms with Crippen LogP contribution in [0, 0.1) is 5.92 Å². The van der Waals surface area contributed by atoms with Crippen molar-refractivity contribution in [2.24, 2.45) is 10.9 Å². The highest BCUT2D eigenvalue weighted by molar-refractivity contribution is 5.82. The number of rotatable bonds is 2. The molecule has 7 nitrogen and oxygen atoms in total. The number of hydrogen-bond donors (Lipinski definition) is 1. The first-order valence-corrected chi connectivity index (χ1v) is 9.53. The van der Waals surface area contributed by atoms with Gasteiger partial charge in [-0.3, -0.25) is 4.99 Å². The van der Waals surface area contributed by atoms with E-state index in [1.54, 1.807) is 0 Å². The number of carbonyl (C=O) groups excluding carboxylic acids is 1. The Morgan fingerprint density at radius 3 is 2.80 bits per heavy atom. The predicted molar refractivity (Wildman–Crippen MR) is 98.8 cm³/mol. The van der Waals surface area contributed by atoms with Crippen molar-refractivity contribution in [3.05, 3.63) is 0 Å². The molecule has 0 aromatic carbocycles. The zero-order valence-corrected chi connectivity index (χ0v) is 16.1. The Balaban J connectivity index is 1.46. The zero-order valence-electron chi connectivity index (χ0n) is 16.1. The van der Waals surface area contributed by atoms with Crippen molar-refractivity contribution in [3.8, 4) is 0 Å². The molecule has 0 radical (unpaired) electrons. The molecule has 3 aliphatic heterocycles. The number of ether oxygens (including phenoxy) is 1. The first-order valence-electron chi connectivity index (χ1n) is 9.53. The van der Waals surface area contributed by atoms with Crippen molar-refractivity contribution in [1.29, 1.82) is 0 Å². The molecule has 25 heavy (non-hydrogen) atoms. The molecule has 2 saturated heterocycles. The molecule has 0 spiro atoms. The van der Waals surface area contributed by atoms with E-state index < -0.39 is 5.60 Å². The van der Waals surface area contributed by atoms with Gasteiger partial charge in [0.25, 0.3) is 0 Å². The second kappa shape index (κ2) is 7.40. The number of fused-ring (bicyclic) bond motifs is 1. The van der Waals surface area contributed by atoms with Crippen LogP contribution >= 0.6 is 0 Å². The van der Waals surface area contributed by atoms with Crippen LogP contribution in [0.1, 0.15) is 33.6 Å². The normalized spacial score (nSPS) is 27.8. The van der Waals surface area contributed by atoms with Gasteiger partial charge in [0.2, 0.25) is 0 Å². The first-order chi connectivity index (χ1) is 11.8. The quantitative estimate of drug-likeness (QED) is 0.810. The van der Waals surface area contributed by atoms with E-state index in [-0.39, 0.29) is 12.1 Å². The van der Waals surface area contributed by atoms with Gasteiger partial charge < -0.3 is 24.8 Å². The number of nitrogens with zero attached hydrogens (tertiary/aromatic N) is 4. The van der Waals surface area contributed by atoms with Crippen LogP contribution in [-0.2, 0) is 4.74 Å². The molecule has 0 aromatic rings. The minimum Gasteiger partial charge on any atom is -0.444 e. The number of nitrogens with one attached hydrogen (secondary N) is 1. The number of piperazine rings is 1. The lowest BCUT2D eigenvalue weighted by molar-refractivity contribution is 0.0137. The van der Waals surface area contributed by atoms with Crippen LogP contribution in [0.25, 0.3) is 0 Å². The summed E-state index contributed by atoms with van der Waals surface area (Å²) in [5.74, 6) is 1.71. The van der Waals surface area contributed by atoms with Crippen molar-refractivity contribution in [1.82, 2.24) is 20.0 Å². The summed E-state index contributed by atoms with van der Waals surface area (Å²) >= 11 is 0. The van der Waals surface area contributed by atoms with Gasteiger partial charge in [-0.25, -0.2) is 4.79 Å². The molecule has 0 aromatic heterocycles. The van der Waals surface area contributed by atoms with E-state index in [2.05, 4.69) is 22.2 Å². The molecule has 3 aliphatic rings. The summed E-state index contributed by atoms with van der Waals surface area (Å²) in [6.45, 7) is 12.0. The maximum Gasteiger partial charge on any atom is 0.410 e. The summed E-state index contributed by atoms with van der Waals surface area (Å²) in [4.78, 5) is 23.5. The number of amides is 1. The van der Waals surface area contributed by atoms with Crippen molar-refractivity contribution in [2.75, 3.05) is 52.9 Å². The van der Waals surface area contributed by atoms with Gasteiger partial charge in [0.05, 0.1) is 12.6 Å². The second-order valence-electron chi connectivity index (χ2n) is 8.59. The Morgan fingerprint density at radius 1 is 1.28 bits per heavy atom. The molecule has 1 N–H and O–H groups in total. The first kappa shape index (κ1) is 18.3. The smallest absolute Gasteiger partial charge is 0.410 e. The third-order valence-corrected chi connectivity index (χ3v) is 5.13. The summed E-state index contributed by atoms with van der Waals surface area (Å²) < 4.78 is 5.50. The molecule has 2 atom stereocenters. The van der Waals surface area contributed by atoms with Gasteiger partial charge in [0, 0.05) is 32.7 Å². The van der Waals surface area contributed by atoms with Crippen LogP contribution in [0.2, 0.25) is 0 Å². The summed E-state index contributed by atoms with van der Waals surface area (Å²) in [7, 11) is 2.20. The lowest BCUT2D eigenvalue weighted by atomic mass is 9.98. The van der Waals surface area contributed by atoms with Crippen LogP contribution in [0.3, 0.4) is 0 Å². The highest BCUT2D eigenvalue weighted by Gasteiger charge is 2.36. The van der Waals surface area contributed by atoms with Gasteiger partial charge in [-0.1, -0.05) is 0 Å². The SMILES string of the molecule is CN1CCCC(CNC2=NCC3CN(C(=O)OC(C)(C)C)CCN23)C1. The summed E-state index contributed by atoms with van der Waals surface area (Å²) in [5, 5.41) is 3.57. The minimum absolute atomic E-state index is 0.209. The van der Waals surface area contributed by atoms with E-state index in [0.717, 1.165) is 32.1 Å². The predicted octanol–water partition coefficient (Wildman–Crippen LogP) is 1.21. The Labute approximate surface area is 151 Å². The maximum atomic E-state index is 12.3. The van der Waals surface area contributed by atoms with Crippen LogP contribution < -0.4 is 5.32 Å². The Morgan fingerprint density at radius 2 is 2.08 bits per heavy atom. The topological polar surface area (TPSA) is 60.4 Å². The third kappa shape index (κ3) is 4.77. The van der Waals surface area contributed by atoms with Crippen molar-refractivity contribution < 1.29 is 9.53 Å². The van der Waals surface area contributed by atoms with Gasteiger partial charge in [-0.15, -0.1) is 0 Å². The minimum atomic E-state index is -0.444. The molecule has 2 unspecified atom stereocenters. The fourth-order valence-corrected chi connectivity index (χ4v) is 3.90. The molecule has 0 aliphatic carbocycles. The second-order valence-corrected chi connectivity index (χ2v) is 8.59. The Hall–Kier alpha value is -1.50. The number of likely N-dealkylation sites (tertiary alicyclic amines) is 1.